The Bertz CT molecular complexity index is 373. The van der Waals surface area contributed by atoms with Gasteiger partial charge in [0, 0.05) is 12.7 Å². The number of rotatable bonds is 7. The summed E-state index contributed by atoms with van der Waals surface area (Å²) >= 11 is 1.48. The Balaban J connectivity index is 2.76. The predicted molar refractivity (Wildman–Crippen MR) is 77.0 cm³/mol. The summed E-state index contributed by atoms with van der Waals surface area (Å²) in [6, 6.07) is 1.97. The SMILES string of the molecule is CCOCC(Nc1cc(N)nc(SC)n1)C(C)C. The van der Waals surface area contributed by atoms with E-state index in [-0.39, 0.29) is 6.04 Å². The second-order valence-corrected chi connectivity index (χ2v) is 5.09. The zero-order valence-corrected chi connectivity index (χ0v) is 12.3. The highest BCUT2D eigenvalue weighted by Gasteiger charge is 2.14. The lowest BCUT2D eigenvalue weighted by Crippen LogP contribution is -2.31. The third-order valence-electron chi connectivity index (χ3n) is 2.55. The maximum absolute atomic E-state index is 5.75. The van der Waals surface area contributed by atoms with Gasteiger partial charge < -0.3 is 15.8 Å². The molecule has 5 nitrogen and oxygen atoms in total. The van der Waals surface area contributed by atoms with Crippen molar-refractivity contribution in [3.63, 3.8) is 0 Å². The number of hydrogen-bond acceptors (Lipinski definition) is 6. The molecule has 0 saturated carbocycles. The second-order valence-electron chi connectivity index (χ2n) is 4.32. The maximum Gasteiger partial charge on any atom is 0.191 e. The van der Waals surface area contributed by atoms with Crippen molar-refractivity contribution in [3.8, 4) is 0 Å². The van der Waals surface area contributed by atoms with E-state index in [9.17, 15) is 0 Å². The molecule has 1 heterocycles. The lowest BCUT2D eigenvalue weighted by molar-refractivity contribution is 0.126. The summed E-state index contributed by atoms with van der Waals surface area (Å²) < 4.78 is 5.47. The molecule has 6 heteroatoms. The molecule has 102 valence electrons. The smallest absolute Gasteiger partial charge is 0.191 e. The molecule has 1 unspecified atom stereocenters. The zero-order valence-electron chi connectivity index (χ0n) is 11.4. The first-order valence-corrected chi connectivity index (χ1v) is 7.32. The first-order valence-electron chi connectivity index (χ1n) is 6.09. The normalized spacial score (nSPS) is 12.7. The van der Waals surface area contributed by atoms with Gasteiger partial charge >= 0.3 is 0 Å². The van der Waals surface area contributed by atoms with Gasteiger partial charge in [-0.2, -0.15) is 0 Å². The van der Waals surface area contributed by atoms with Crippen LogP contribution >= 0.6 is 11.8 Å². The van der Waals surface area contributed by atoms with Crippen molar-refractivity contribution in [1.82, 2.24) is 9.97 Å². The molecule has 0 aliphatic rings. The molecule has 1 atom stereocenters. The number of nitrogens with one attached hydrogen (secondary N) is 1. The summed E-state index contributed by atoms with van der Waals surface area (Å²) in [5.41, 5.74) is 5.75. The quantitative estimate of drug-likeness (QED) is 0.585. The molecule has 0 aliphatic carbocycles. The monoisotopic (exact) mass is 270 g/mol. The standard InChI is InChI=1S/C12H22N4OS/c1-5-17-7-9(8(2)3)14-11-6-10(13)15-12(16-11)18-4/h6,8-9H,5,7H2,1-4H3,(H3,13,14,15,16). The van der Waals surface area contributed by atoms with E-state index in [1.54, 1.807) is 6.07 Å². The fourth-order valence-electron chi connectivity index (χ4n) is 1.44. The summed E-state index contributed by atoms with van der Waals surface area (Å²) in [6.45, 7) is 7.67. The van der Waals surface area contributed by atoms with E-state index in [2.05, 4.69) is 29.1 Å². The highest BCUT2D eigenvalue weighted by molar-refractivity contribution is 7.98. The van der Waals surface area contributed by atoms with Crippen LogP contribution in [-0.2, 0) is 4.74 Å². The van der Waals surface area contributed by atoms with Crippen LogP contribution in [0.15, 0.2) is 11.2 Å². The molecule has 18 heavy (non-hydrogen) atoms. The summed E-state index contributed by atoms with van der Waals surface area (Å²) in [4.78, 5) is 8.51. The van der Waals surface area contributed by atoms with Crippen molar-refractivity contribution >= 4 is 23.4 Å². The van der Waals surface area contributed by atoms with E-state index >= 15 is 0 Å². The van der Waals surface area contributed by atoms with Crippen LogP contribution in [-0.4, -0.2) is 35.5 Å². The average molecular weight is 270 g/mol. The largest absolute Gasteiger partial charge is 0.383 e. The van der Waals surface area contributed by atoms with Crippen LogP contribution in [0.1, 0.15) is 20.8 Å². The molecule has 0 radical (unpaired) electrons. The number of anilines is 2. The van der Waals surface area contributed by atoms with Crippen molar-refractivity contribution in [2.75, 3.05) is 30.5 Å². The minimum atomic E-state index is 0.217. The van der Waals surface area contributed by atoms with Crippen molar-refractivity contribution in [1.29, 1.82) is 0 Å². The number of aromatic nitrogens is 2. The summed E-state index contributed by atoms with van der Waals surface area (Å²) in [6.07, 6.45) is 1.93. The highest BCUT2D eigenvalue weighted by Crippen LogP contribution is 2.17. The first kappa shape index (κ1) is 15.0. The molecular formula is C12H22N4OS. The number of nitrogen functional groups attached to an aromatic ring is 1. The Morgan fingerprint density at radius 3 is 2.72 bits per heavy atom. The van der Waals surface area contributed by atoms with Crippen molar-refractivity contribution in [2.24, 2.45) is 5.92 Å². The van der Waals surface area contributed by atoms with Crippen LogP contribution in [0, 0.1) is 5.92 Å². The topological polar surface area (TPSA) is 73.1 Å². The molecular weight excluding hydrogens is 248 g/mol. The van der Waals surface area contributed by atoms with Crippen molar-refractivity contribution in [3.05, 3.63) is 6.07 Å². The number of ether oxygens (including phenoxy) is 1. The fraction of sp³-hybridized carbons (Fsp3) is 0.667. The molecule has 0 amide bonds. The third-order valence-corrected chi connectivity index (χ3v) is 3.10. The van der Waals surface area contributed by atoms with E-state index in [1.807, 2.05) is 13.2 Å². The van der Waals surface area contributed by atoms with Crippen molar-refractivity contribution < 1.29 is 4.74 Å². The van der Waals surface area contributed by atoms with Gasteiger partial charge in [-0.25, -0.2) is 9.97 Å². The van der Waals surface area contributed by atoms with Crippen molar-refractivity contribution in [2.45, 2.75) is 32.0 Å². The Morgan fingerprint density at radius 2 is 2.17 bits per heavy atom. The van der Waals surface area contributed by atoms with Gasteiger partial charge in [0.05, 0.1) is 12.6 Å². The highest BCUT2D eigenvalue weighted by atomic mass is 32.2. The molecule has 0 fully saturated rings. The van der Waals surface area contributed by atoms with Crippen LogP contribution in [0.3, 0.4) is 0 Å². The number of hydrogen-bond donors (Lipinski definition) is 2. The maximum atomic E-state index is 5.75. The number of nitrogens with zero attached hydrogens (tertiary/aromatic N) is 2. The van der Waals surface area contributed by atoms with Crippen LogP contribution < -0.4 is 11.1 Å². The number of nitrogens with two attached hydrogens (primary N) is 1. The van der Waals surface area contributed by atoms with Gasteiger partial charge in [-0.15, -0.1) is 0 Å². The lowest BCUT2D eigenvalue weighted by atomic mass is 10.1. The van der Waals surface area contributed by atoms with Crippen LogP contribution in [0.2, 0.25) is 0 Å². The Hall–Kier alpha value is -1.01. The number of thioether (sulfide) groups is 1. The summed E-state index contributed by atoms with van der Waals surface area (Å²) in [5.74, 6) is 1.69. The van der Waals surface area contributed by atoms with Crippen LogP contribution in [0.25, 0.3) is 0 Å². The zero-order chi connectivity index (χ0) is 13.5. The van der Waals surface area contributed by atoms with Gasteiger partial charge in [-0.1, -0.05) is 25.6 Å². The molecule has 0 bridgehead atoms. The second kappa shape index (κ2) is 7.43. The predicted octanol–water partition coefficient (Wildman–Crippen LogP) is 2.25. The van der Waals surface area contributed by atoms with E-state index in [0.717, 1.165) is 5.82 Å². The van der Waals surface area contributed by atoms with Gasteiger partial charge in [0.1, 0.15) is 11.6 Å². The summed E-state index contributed by atoms with van der Waals surface area (Å²) in [7, 11) is 0. The Labute approximate surface area is 113 Å². The van der Waals surface area contributed by atoms with E-state index in [4.69, 9.17) is 10.5 Å². The van der Waals surface area contributed by atoms with Gasteiger partial charge in [0.2, 0.25) is 0 Å². The van der Waals surface area contributed by atoms with Crippen LogP contribution in [0.5, 0.6) is 0 Å². The molecule has 0 saturated heterocycles. The van der Waals surface area contributed by atoms with Gasteiger partial charge in [-0.3, -0.25) is 0 Å². The van der Waals surface area contributed by atoms with Gasteiger partial charge in [0.25, 0.3) is 0 Å². The molecule has 3 N–H and O–H groups in total. The van der Waals surface area contributed by atoms with E-state index in [0.29, 0.717) is 30.1 Å². The van der Waals surface area contributed by atoms with E-state index in [1.165, 1.54) is 11.8 Å². The van der Waals surface area contributed by atoms with E-state index < -0.39 is 0 Å². The van der Waals surface area contributed by atoms with Gasteiger partial charge in [-0.05, 0) is 19.1 Å². The molecule has 1 aromatic heterocycles. The molecule has 0 aliphatic heterocycles. The molecule has 0 aromatic carbocycles. The minimum absolute atomic E-state index is 0.217. The summed E-state index contributed by atoms with van der Waals surface area (Å²) in [5, 5.41) is 4.04. The Kier molecular flexibility index (Phi) is 6.21. The Morgan fingerprint density at radius 1 is 1.44 bits per heavy atom. The molecule has 1 rings (SSSR count). The lowest BCUT2D eigenvalue weighted by Gasteiger charge is -2.22. The average Bonchev–Trinajstić information content (AvgIpc) is 2.33. The molecule has 0 spiro atoms. The van der Waals surface area contributed by atoms with Crippen LogP contribution in [0.4, 0.5) is 11.6 Å². The first-order chi connectivity index (χ1) is 8.56. The molecule has 1 aromatic rings. The minimum Gasteiger partial charge on any atom is -0.383 e. The third kappa shape index (κ3) is 4.70. The fourth-order valence-corrected chi connectivity index (χ4v) is 1.83. The van der Waals surface area contributed by atoms with Gasteiger partial charge in [0.15, 0.2) is 5.16 Å².